The van der Waals surface area contributed by atoms with Crippen LogP contribution in [-0.4, -0.2) is 45.9 Å². The molecule has 1 aliphatic rings. The van der Waals surface area contributed by atoms with Gasteiger partial charge >= 0.3 is 0 Å². The van der Waals surface area contributed by atoms with Gasteiger partial charge in [-0.3, -0.25) is 4.90 Å². The minimum absolute atomic E-state index is 0.122. The summed E-state index contributed by atoms with van der Waals surface area (Å²) in [5.41, 5.74) is 0. The van der Waals surface area contributed by atoms with Crippen LogP contribution in [0.2, 0.25) is 0 Å². The zero-order valence-electron chi connectivity index (χ0n) is 12.6. The van der Waals surface area contributed by atoms with E-state index in [9.17, 15) is 5.11 Å². The Hall–Kier alpha value is -1.70. The van der Waals surface area contributed by atoms with E-state index in [0.717, 1.165) is 25.1 Å². The number of β-amino-alcohol motifs (C(OH)–C–C–N with tert-alkyl or cyclic N) is 1. The molecule has 1 N–H and O–H groups in total. The van der Waals surface area contributed by atoms with Crippen molar-refractivity contribution in [1.29, 1.82) is 0 Å². The van der Waals surface area contributed by atoms with Crippen LogP contribution in [0.4, 0.5) is 0 Å². The van der Waals surface area contributed by atoms with E-state index in [4.69, 9.17) is 13.7 Å². The molecule has 22 heavy (non-hydrogen) atoms. The fourth-order valence-electron chi connectivity index (χ4n) is 2.80. The lowest BCUT2D eigenvalue weighted by molar-refractivity contribution is 0.00252. The van der Waals surface area contributed by atoms with Crippen LogP contribution < -0.4 is 0 Å². The van der Waals surface area contributed by atoms with E-state index in [-0.39, 0.29) is 12.6 Å². The maximum absolute atomic E-state index is 10.1. The Balaban J connectivity index is 1.46. The number of nitrogens with zero attached hydrogens (tertiary/aromatic N) is 3. The number of likely N-dealkylation sites (tertiary alicyclic amines) is 1. The topological polar surface area (TPSA) is 84.8 Å². The molecule has 3 heterocycles. The van der Waals surface area contributed by atoms with Crippen LogP contribution in [0.3, 0.4) is 0 Å². The Morgan fingerprint density at radius 2 is 2.45 bits per heavy atom. The molecule has 0 aliphatic carbocycles. The van der Waals surface area contributed by atoms with Crippen LogP contribution in [0.25, 0.3) is 0 Å². The van der Waals surface area contributed by atoms with Crippen molar-refractivity contribution in [2.24, 2.45) is 0 Å². The number of rotatable bonds is 7. The van der Waals surface area contributed by atoms with Crippen LogP contribution in [0.1, 0.15) is 36.4 Å². The molecule has 3 rings (SSSR count). The van der Waals surface area contributed by atoms with Gasteiger partial charge in [0.15, 0.2) is 5.82 Å². The third kappa shape index (κ3) is 3.73. The number of furan rings is 1. The third-order valence-corrected chi connectivity index (χ3v) is 3.78. The maximum Gasteiger partial charge on any atom is 0.223 e. The van der Waals surface area contributed by atoms with Crippen molar-refractivity contribution in [3.63, 3.8) is 0 Å². The Morgan fingerprint density at radius 1 is 1.55 bits per heavy atom. The van der Waals surface area contributed by atoms with Gasteiger partial charge in [0.05, 0.1) is 25.0 Å². The summed E-state index contributed by atoms with van der Waals surface area (Å²) in [5, 5.41) is 14.1. The predicted octanol–water partition coefficient (Wildman–Crippen LogP) is 1.69. The molecular weight excluding hydrogens is 286 g/mol. The van der Waals surface area contributed by atoms with E-state index in [0.29, 0.717) is 24.9 Å². The molecule has 2 atom stereocenters. The molecule has 2 unspecified atom stereocenters. The monoisotopic (exact) mass is 307 g/mol. The van der Waals surface area contributed by atoms with Crippen LogP contribution in [0.5, 0.6) is 0 Å². The molecule has 0 bridgehead atoms. The van der Waals surface area contributed by atoms with Crippen LogP contribution in [0.15, 0.2) is 27.3 Å². The first kappa shape index (κ1) is 15.2. The zero-order valence-corrected chi connectivity index (χ0v) is 12.6. The van der Waals surface area contributed by atoms with E-state index in [2.05, 4.69) is 15.0 Å². The van der Waals surface area contributed by atoms with Crippen molar-refractivity contribution in [3.8, 4) is 0 Å². The van der Waals surface area contributed by atoms with Crippen molar-refractivity contribution in [3.05, 3.63) is 35.9 Å². The highest BCUT2D eigenvalue weighted by molar-refractivity contribution is 4.98. The zero-order chi connectivity index (χ0) is 15.4. The standard InChI is InChI=1S/C15H21N3O4/c1-11-16-15(17-22-11)14-5-2-6-18(14)8-12(19)9-20-10-13-4-3-7-21-13/h3-4,7,12,14,19H,2,5-6,8-10H2,1H3. The van der Waals surface area contributed by atoms with Gasteiger partial charge in [0.2, 0.25) is 5.89 Å². The number of aliphatic hydroxyl groups excluding tert-OH is 1. The van der Waals surface area contributed by atoms with Crippen LogP contribution >= 0.6 is 0 Å². The predicted molar refractivity (Wildman–Crippen MR) is 77.0 cm³/mol. The van der Waals surface area contributed by atoms with Crippen molar-refractivity contribution in [1.82, 2.24) is 15.0 Å². The molecular formula is C15H21N3O4. The van der Waals surface area contributed by atoms with E-state index in [1.165, 1.54) is 0 Å². The fourth-order valence-corrected chi connectivity index (χ4v) is 2.80. The lowest BCUT2D eigenvalue weighted by Crippen LogP contribution is -2.35. The smallest absolute Gasteiger partial charge is 0.223 e. The first-order valence-electron chi connectivity index (χ1n) is 7.55. The molecule has 0 spiro atoms. The molecule has 1 saturated heterocycles. The highest BCUT2D eigenvalue weighted by atomic mass is 16.5. The van der Waals surface area contributed by atoms with E-state index in [1.807, 2.05) is 12.1 Å². The summed E-state index contributed by atoms with van der Waals surface area (Å²) in [6.07, 6.45) is 3.11. The van der Waals surface area contributed by atoms with Gasteiger partial charge in [-0.1, -0.05) is 5.16 Å². The lowest BCUT2D eigenvalue weighted by atomic mass is 10.2. The van der Waals surface area contributed by atoms with Crippen molar-refractivity contribution >= 4 is 0 Å². The number of aryl methyl sites for hydroxylation is 1. The Labute approximate surface area is 128 Å². The summed E-state index contributed by atoms with van der Waals surface area (Å²) >= 11 is 0. The molecule has 7 nitrogen and oxygen atoms in total. The largest absolute Gasteiger partial charge is 0.467 e. The van der Waals surface area contributed by atoms with Gasteiger partial charge in [0.1, 0.15) is 12.4 Å². The summed E-state index contributed by atoms with van der Waals surface area (Å²) in [6.45, 7) is 3.89. The Bertz CT molecular complexity index is 569. The van der Waals surface area contributed by atoms with Gasteiger partial charge in [-0.2, -0.15) is 4.98 Å². The number of aliphatic hydroxyl groups is 1. The maximum atomic E-state index is 10.1. The fraction of sp³-hybridized carbons (Fsp3) is 0.600. The first-order valence-corrected chi connectivity index (χ1v) is 7.55. The second-order valence-electron chi connectivity index (χ2n) is 5.57. The average Bonchev–Trinajstić information content (AvgIpc) is 3.20. The van der Waals surface area contributed by atoms with Crippen LogP contribution in [-0.2, 0) is 11.3 Å². The second kappa shape index (κ2) is 7.04. The number of aromatic nitrogens is 2. The van der Waals surface area contributed by atoms with Crippen molar-refractivity contribution < 1.29 is 18.8 Å². The molecule has 2 aromatic heterocycles. The summed E-state index contributed by atoms with van der Waals surface area (Å²) in [6, 6.07) is 3.79. The summed E-state index contributed by atoms with van der Waals surface area (Å²) < 4.78 is 15.7. The van der Waals surface area contributed by atoms with E-state index >= 15 is 0 Å². The third-order valence-electron chi connectivity index (χ3n) is 3.78. The SMILES string of the molecule is Cc1nc(C2CCCN2CC(O)COCc2ccco2)no1. The highest BCUT2D eigenvalue weighted by Crippen LogP contribution is 2.30. The highest BCUT2D eigenvalue weighted by Gasteiger charge is 2.30. The molecule has 0 saturated carbocycles. The first-order chi connectivity index (χ1) is 10.7. The number of hydrogen-bond donors (Lipinski definition) is 1. The second-order valence-corrected chi connectivity index (χ2v) is 5.57. The molecule has 0 radical (unpaired) electrons. The molecule has 1 fully saturated rings. The van der Waals surface area contributed by atoms with Crippen molar-refractivity contribution in [2.45, 2.75) is 38.5 Å². The Morgan fingerprint density at radius 3 is 3.18 bits per heavy atom. The normalized spacial score (nSPS) is 20.5. The van der Waals surface area contributed by atoms with E-state index < -0.39 is 6.10 Å². The molecule has 1 aliphatic heterocycles. The summed E-state index contributed by atoms with van der Waals surface area (Å²) in [4.78, 5) is 6.49. The lowest BCUT2D eigenvalue weighted by Gasteiger charge is -2.24. The molecule has 0 amide bonds. The van der Waals surface area contributed by atoms with Gasteiger partial charge in [-0.15, -0.1) is 0 Å². The molecule has 120 valence electrons. The van der Waals surface area contributed by atoms with Gasteiger partial charge in [-0.05, 0) is 31.5 Å². The average molecular weight is 307 g/mol. The summed E-state index contributed by atoms with van der Waals surface area (Å²) in [5.74, 6) is 2.04. The molecule has 0 aromatic carbocycles. The molecule has 7 heteroatoms. The van der Waals surface area contributed by atoms with E-state index in [1.54, 1.807) is 13.2 Å². The minimum Gasteiger partial charge on any atom is -0.467 e. The molecule has 2 aromatic rings. The minimum atomic E-state index is -0.552. The number of hydrogen-bond acceptors (Lipinski definition) is 7. The quantitative estimate of drug-likeness (QED) is 0.833. The van der Waals surface area contributed by atoms with Gasteiger partial charge in [-0.25, -0.2) is 0 Å². The van der Waals surface area contributed by atoms with Gasteiger partial charge in [0, 0.05) is 13.5 Å². The summed E-state index contributed by atoms with van der Waals surface area (Å²) in [7, 11) is 0. The van der Waals surface area contributed by atoms with Crippen molar-refractivity contribution in [2.75, 3.05) is 19.7 Å². The van der Waals surface area contributed by atoms with Gasteiger partial charge in [0.25, 0.3) is 0 Å². The van der Waals surface area contributed by atoms with Gasteiger partial charge < -0.3 is 18.8 Å². The Kier molecular flexibility index (Phi) is 4.87. The van der Waals surface area contributed by atoms with Crippen LogP contribution in [0, 0.1) is 6.92 Å². The number of ether oxygens (including phenoxy) is 1.